The number of fused-ring (bicyclic) bond motifs is 1. The van der Waals surface area contributed by atoms with Gasteiger partial charge in [-0.3, -0.25) is 14.5 Å². The molecule has 5 heteroatoms. The number of nitrogens with zero attached hydrogens (tertiary/aromatic N) is 1. The lowest BCUT2D eigenvalue weighted by molar-refractivity contribution is 0.100. The number of benzene rings is 2. The van der Waals surface area contributed by atoms with Crippen LogP contribution in [0.1, 0.15) is 40.4 Å². The van der Waals surface area contributed by atoms with Gasteiger partial charge >= 0.3 is 0 Å². The highest BCUT2D eigenvalue weighted by molar-refractivity contribution is 5.96. The van der Waals surface area contributed by atoms with Gasteiger partial charge in [-0.1, -0.05) is 30.3 Å². The van der Waals surface area contributed by atoms with Gasteiger partial charge in [-0.25, -0.2) is 0 Å². The average Bonchev–Trinajstić information content (AvgIpc) is 2.68. The minimum Gasteiger partial charge on any atom is -0.366 e. The Bertz CT molecular complexity index is 1030. The number of aromatic amines is 1. The summed E-state index contributed by atoms with van der Waals surface area (Å²) in [7, 11) is 0. The van der Waals surface area contributed by atoms with Crippen LogP contribution in [-0.4, -0.2) is 28.9 Å². The number of likely N-dealkylation sites (tertiary alicyclic amines) is 1. The summed E-state index contributed by atoms with van der Waals surface area (Å²) in [5, 5.41) is 0.496. The maximum Gasteiger partial charge on any atom is 0.248 e. The van der Waals surface area contributed by atoms with Crippen molar-refractivity contribution < 1.29 is 4.79 Å². The minimum atomic E-state index is -0.527. The number of piperidine rings is 1. The van der Waals surface area contributed by atoms with Crippen molar-refractivity contribution in [1.29, 1.82) is 0 Å². The number of hydrogen-bond acceptors (Lipinski definition) is 3. The molecule has 3 N–H and O–H groups in total. The lowest BCUT2D eigenvalue weighted by atomic mass is 9.90. The first kappa shape index (κ1) is 17.5. The maximum atomic E-state index is 12.5. The molecule has 1 fully saturated rings. The van der Waals surface area contributed by atoms with Crippen LogP contribution in [0.4, 0.5) is 0 Å². The van der Waals surface area contributed by atoms with Crippen molar-refractivity contribution in [2.24, 2.45) is 5.73 Å². The number of aromatic nitrogens is 1. The summed E-state index contributed by atoms with van der Waals surface area (Å²) >= 11 is 0. The summed E-state index contributed by atoms with van der Waals surface area (Å²) in [4.78, 5) is 29.6. The van der Waals surface area contributed by atoms with Gasteiger partial charge in [0.2, 0.25) is 5.91 Å². The zero-order valence-electron chi connectivity index (χ0n) is 15.2. The Morgan fingerprint density at radius 3 is 2.74 bits per heavy atom. The summed E-state index contributed by atoms with van der Waals surface area (Å²) < 4.78 is 0. The largest absolute Gasteiger partial charge is 0.366 e. The molecule has 138 valence electrons. The molecule has 0 saturated carbocycles. The van der Waals surface area contributed by atoms with Crippen LogP contribution in [-0.2, 0) is 6.54 Å². The van der Waals surface area contributed by atoms with Gasteiger partial charge in [0.15, 0.2) is 5.43 Å². The first-order chi connectivity index (χ1) is 13.1. The molecule has 0 radical (unpaired) electrons. The van der Waals surface area contributed by atoms with Crippen LogP contribution >= 0.6 is 0 Å². The van der Waals surface area contributed by atoms with Crippen LogP contribution in [0.2, 0.25) is 0 Å². The average molecular weight is 361 g/mol. The van der Waals surface area contributed by atoms with Crippen LogP contribution in [0.15, 0.2) is 59.4 Å². The Balaban J connectivity index is 1.55. The highest BCUT2D eigenvalue weighted by Crippen LogP contribution is 2.27. The topological polar surface area (TPSA) is 79.2 Å². The fraction of sp³-hybridized carbons (Fsp3) is 0.273. The second-order valence-corrected chi connectivity index (χ2v) is 7.27. The summed E-state index contributed by atoms with van der Waals surface area (Å²) in [6.07, 6.45) is 2.35. The number of carbonyl (C=O) groups excluding carboxylic acids is 1. The quantitative estimate of drug-likeness (QED) is 0.750. The summed E-state index contributed by atoms with van der Waals surface area (Å²) in [6.45, 7) is 2.74. The molecule has 1 aliphatic heterocycles. The van der Waals surface area contributed by atoms with Gasteiger partial charge in [-0.2, -0.15) is 0 Å². The van der Waals surface area contributed by atoms with Crippen molar-refractivity contribution in [3.8, 4) is 0 Å². The van der Waals surface area contributed by atoms with Gasteiger partial charge in [0, 0.05) is 41.3 Å². The number of carbonyl (C=O) groups is 1. The van der Waals surface area contributed by atoms with Gasteiger partial charge in [0.1, 0.15) is 0 Å². The molecule has 1 amide bonds. The van der Waals surface area contributed by atoms with Crippen molar-refractivity contribution in [2.75, 3.05) is 13.1 Å². The number of amides is 1. The monoisotopic (exact) mass is 361 g/mol. The second-order valence-electron chi connectivity index (χ2n) is 7.27. The molecule has 3 aromatic rings. The molecular formula is C22H23N3O2. The SMILES string of the molecule is NC(=O)c1ccc2[nH]c(CN3CCC[C@@H](c4ccccc4)C3)cc(=O)c2c1. The Kier molecular flexibility index (Phi) is 4.77. The van der Waals surface area contributed by atoms with Crippen molar-refractivity contribution in [2.45, 2.75) is 25.3 Å². The Morgan fingerprint density at radius 1 is 1.15 bits per heavy atom. The van der Waals surface area contributed by atoms with Crippen molar-refractivity contribution in [1.82, 2.24) is 9.88 Å². The van der Waals surface area contributed by atoms with E-state index >= 15 is 0 Å². The smallest absolute Gasteiger partial charge is 0.248 e. The Labute approximate surface area is 157 Å². The van der Waals surface area contributed by atoms with Crippen LogP contribution in [0.5, 0.6) is 0 Å². The molecule has 2 heterocycles. The van der Waals surface area contributed by atoms with Gasteiger partial charge in [0.25, 0.3) is 0 Å². The summed E-state index contributed by atoms with van der Waals surface area (Å²) in [5.74, 6) is 0.00546. The third-order valence-electron chi connectivity index (χ3n) is 5.34. The summed E-state index contributed by atoms with van der Waals surface area (Å²) in [6, 6.07) is 17.2. The van der Waals surface area contributed by atoms with E-state index in [0.717, 1.165) is 30.7 Å². The molecule has 4 rings (SSSR count). The fourth-order valence-electron chi connectivity index (χ4n) is 3.98. The van der Waals surface area contributed by atoms with Crippen LogP contribution in [0.3, 0.4) is 0 Å². The number of hydrogen-bond donors (Lipinski definition) is 2. The number of pyridine rings is 1. The molecule has 1 aromatic heterocycles. The van der Waals surface area contributed by atoms with Gasteiger partial charge < -0.3 is 10.7 Å². The van der Waals surface area contributed by atoms with E-state index in [4.69, 9.17) is 5.73 Å². The molecule has 0 aliphatic carbocycles. The van der Waals surface area contributed by atoms with Gasteiger partial charge in [-0.15, -0.1) is 0 Å². The Morgan fingerprint density at radius 2 is 1.96 bits per heavy atom. The van der Waals surface area contributed by atoms with E-state index in [-0.39, 0.29) is 5.43 Å². The van der Waals surface area contributed by atoms with Crippen LogP contribution in [0, 0.1) is 0 Å². The first-order valence-corrected chi connectivity index (χ1v) is 9.33. The molecule has 1 saturated heterocycles. The molecule has 1 atom stereocenters. The molecule has 5 nitrogen and oxygen atoms in total. The number of primary amides is 1. The number of H-pyrrole nitrogens is 1. The normalized spacial score (nSPS) is 17.9. The summed E-state index contributed by atoms with van der Waals surface area (Å²) in [5.41, 5.74) is 8.59. The highest BCUT2D eigenvalue weighted by Gasteiger charge is 2.21. The molecule has 0 spiro atoms. The van der Waals surface area contributed by atoms with E-state index < -0.39 is 5.91 Å². The standard InChI is InChI=1S/C22H23N3O2/c23-22(27)16-8-9-20-19(11-16)21(26)12-18(24-20)14-25-10-4-7-17(13-25)15-5-2-1-3-6-15/h1-3,5-6,8-9,11-12,17H,4,7,10,13-14H2,(H2,23,27)(H,24,26)/t17-/m1/s1. The number of rotatable bonds is 4. The first-order valence-electron chi connectivity index (χ1n) is 9.33. The van der Waals surface area contributed by atoms with Crippen LogP contribution < -0.4 is 11.2 Å². The molecule has 2 aromatic carbocycles. The van der Waals surface area contributed by atoms with E-state index in [1.807, 2.05) is 6.07 Å². The molecule has 0 bridgehead atoms. The number of nitrogens with two attached hydrogens (primary N) is 1. The Hall–Kier alpha value is -2.92. The maximum absolute atomic E-state index is 12.5. The lowest BCUT2D eigenvalue weighted by Crippen LogP contribution is -2.34. The molecule has 0 unspecified atom stereocenters. The minimum absolute atomic E-state index is 0.0848. The van der Waals surface area contributed by atoms with Gasteiger partial charge in [0.05, 0.1) is 0 Å². The zero-order valence-corrected chi connectivity index (χ0v) is 15.2. The predicted molar refractivity (Wildman–Crippen MR) is 107 cm³/mol. The van der Waals surface area contributed by atoms with Crippen molar-refractivity contribution >= 4 is 16.8 Å². The van der Waals surface area contributed by atoms with Crippen LogP contribution in [0.25, 0.3) is 10.9 Å². The number of nitrogens with one attached hydrogen (secondary N) is 1. The molecule has 1 aliphatic rings. The third-order valence-corrected chi connectivity index (χ3v) is 5.34. The highest BCUT2D eigenvalue weighted by atomic mass is 16.1. The van der Waals surface area contributed by atoms with Crippen molar-refractivity contribution in [3.63, 3.8) is 0 Å². The third kappa shape index (κ3) is 3.78. The van der Waals surface area contributed by atoms with E-state index in [0.29, 0.717) is 23.4 Å². The van der Waals surface area contributed by atoms with Crippen molar-refractivity contribution in [3.05, 3.63) is 81.6 Å². The molecular weight excluding hydrogens is 338 g/mol. The zero-order chi connectivity index (χ0) is 18.8. The van der Waals surface area contributed by atoms with E-state index in [1.54, 1.807) is 24.3 Å². The van der Waals surface area contributed by atoms with Gasteiger partial charge in [-0.05, 0) is 49.1 Å². The predicted octanol–water partition coefficient (Wildman–Crippen LogP) is 3.01. The van der Waals surface area contributed by atoms with E-state index in [1.165, 1.54) is 12.0 Å². The fourth-order valence-corrected chi connectivity index (χ4v) is 3.98. The second kappa shape index (κ2) is 7.37. The van der Waals surface area contributed by atoms with E-state index in [9.17, 15) is 9.59 Å². The molecule has 27 heavy (non-hydrogen) atoms. The van der Waals surface area contributed by atoms with E-state index in [2.05, 4.69) is 34.1 Å². The lowest BCUT2D eigenvalue weighted by Gasteiger charge is -2.33.